The summed E-state index contributed by atoms with van der Waals surface area (Å²) in [7, 11) is 0. The maximum atomic E-state index is 9.47. The number of nitrogens with zero attached hydrogens (tertiary/aromatic N) is 2. The normalized spacial score (nSPS) is 19.6. The lowest BCUT2D eigenvalue weighted by Crippen LogP contribution is -2.22. The molecular formula is C11H17N3O3. The summed E-state index contributed by atoms with van der Waals surface area (Å²) in [6, 6.07) is 3.53. The highest BCUT2D eigenvalue weighted by atomic mass is 16.5. The van der Waals surface area contributed by atoms with Gasteiger partial charge in [-0.2, -0.15) is 4.98 Å². The van der Waals surface area contributed by atoms with Crippen molar-refractivity contribution in [2.45, 2.75) is 12.5 Å². The van der Waals surface area contributed by atoms with Crippen molar-refractivity contribution >= 4 is 11.5 Å². The molecular weight excluding hydrogens is 222 g/mol. The van der Waals surface area contributed by atoms with Crippen molar-refractivity contribution in [3.8, 4) is 5.88 Å². The van der Waals surface area contributed by atoms with Gasteiger partial charge in [0.2, 0.25) is 5.88 Å². The quantitative estimate of drug-likeness (QED) is 0.662. The Hall–Kier alpha value is -1.53. The lowest BCUT2D eigenvalue weighted by molar-refractivity contribution is 0.196. The van der Waals surface area contributed by atoms with Gasteiger partial charge in [-0.05, 0) is 18.6 Å². The van der Waals surface area contributed by atoms with Crippen LogP contribution < -0.4 is 15.4 Å². The number of aliphatic hydroxyl groups excluding tert-OH is 2. The number of β-amino-alcohol motifs (C(OH)–C–C–N with tert-alkyl or cyclic N) is 1. The number of nitrogen functional groups attached to an aromatic ring is 1. The molecule has 2 rings (SSSR count). The Kier molecular flexibility index (Phi) is 3.65. The number of aliphatic hydroxyl groups is 2. The van der Waals surface area contributed by atoms with Crippen LogP contribution in [0.5, 0.6) is 5.88 Å². The van der Waals surface area contributed by atoms with E-state index in [9.17, 15) is 5.11 Å². The Morgan fingerprint density at radius 1 is 1.53 bits per heavy atom. The van der Waals surface area contributed by atoms with Crippen molar-refractivity contribution in [3.05, 3.63) is 12.1 Å². The SMILES string of the molecule is Nc1ccc(N2CCC(O)C2)nc1OCCO. The van der Waals surface area contributed by atoms with Crippen LogP contribution >= 0.6 is 0 Å². The highest BCUT2D eigenvalue weighted by Gasteiger charge is 2.21. The molecule has 94 valence electrons. The van der Waals surface area contributed by atoms with E-state index in [1.54, 1.807) is 12.1 Å². The molecule has 0 amide bonds. The first kappa shape index (κ1) is 11.9. The molecule has 1 atom stereocenters. The number of ether oxygens (including phenoxy) is 1. The Balaban J connectivity index is 2.12. The summed E-state index contributed by atoms with van der Waals surface area (Å²) in [5, 5.41) is 18.2. The molecule has 1 fully saturated rings. The van der Waals surface area contributed by atoms with E-state index < -0.39 is 0 Å². The topological polar surface area (TPSA) is 91.8 Å². The Morgan fingerprint density at radius 2 is 2.35 bits per heavy atom. The molecule has 0 saturated carbocycles. The molecule has 1 aromatic rings. The van der Waals surface area contributed by atoms with Gasteiger partial charge in [0.25, 0.3) is 0 Å². The Labute approximate surface area is 99.6 Å². The number of hydrogen-bond acceptors (Lipinski definition) is 6. The Morgan fingerprint density at radius 3 is 3.00 bits per heavy atom. The van der Waals surface area contributed by atoms with Crippen LogP contribution in [0.3, 0.4) is 0 Å². The molecule has 4 N–H and O–H groups in total. The zero-order valence-corrected chi connectivity index (χ0v) is 9.54. The fourth-order valence-electron chi connectivity index (χ4n) is 1.83. The highest BCUT2D eigenvalue weighted by Crippen LogP contribution is 2.25. The molecule has 0 radical (unpaired) electrons. The average molecular weight is 239 g/mol. The predicted molar refractivity (Wildman–Crippen MR) is 64.1 cm³/mol. The minimum atomic E-state index is -0.295. The minimum absolute atomic E-state index is 0.0756. The lowest BCUT2D eigenvalue weighted by Gasteiger charge is -2.18. The second-order valence-corrected chi connectivity index (χ2v) is 4.02. The average Bonchev–Trinajstić information content (AvgIpc) is 2.75. The van der Waals surface area contributed by atoms with E-state index in [4.69, 9.17) is 15.6 Å². The van der Waals surface area contributed by atoms with Crippen molar-refractivity contribution in [1.29, 1.82) is 0 Å². The van der Waals surface area contributed by atoms with E-state index in [1.165, 1.54) is 0 Å². The van der Waals surface area contributed by atoms with Gasteiger partial charge in [0.15, 0.2) is 0 Å². The van der Waals surface area contributed by atoms with Crippen molar-refractivity contribution in [1.82, 2.24) is 4.98 Å². The molecule has 17 heavy (non-hydrogen) atoms. The summed E-state index contributed by atoms with van der Waals surface area (Å²) in [4.78, 5) is 6.26. The maximum absolute atomic E-state index is 9.47. The van der Waals surface area contributed by atoms with Crippen LogP contribution in [0.2, 0.25) is 0 Å². The molecule has 1 aromatic heterocycles. The van der Waals surface area contributed by atoms with E-state index in [0.29, 0.717) is 18.1 Å². The van der Waals surface area contributed by atoms with Gasteiger partial charge in [-0.3, -0.25) is 0 Å². The third kappa shape index (κ3) is 2.78. The van der Waals surface area contributed by atoms with Gasteiger partial charge < -0.3 is 25.6 Å². The number of nitrogens with two attached hydrogens (primary N) is 1. The highest BCUT2D eigenvalue weighted by molar-refractivity contribution is 5.55. The van der Waals surface area contributed by atoms with Gasteiger partial charge >= 0.3 is 0 Å². The second kappa shape index (κ2) is 5.20. The van der Waals surface area contributed by atoms with Crippen LogP contribution in [0.1, 0.15) is 6.42 Å². The van der Waals surface area contributed by atoms with Gasteiger partial charge in [0, 0.05) is 13.1 Å². The van der Waals surface area contributed by atoms with E-state index in [2.05, 4.69) is 4.98 Å². The zero-order valence-electron chi connectivity index (χ0n) is 9.54. The third-order valence-corrected chi connectivity index (χ3v) is 2.69. The standard InChI is InChI=1S/C11H17N3O3/c12-9-1-2-10(13-11(9)17-6-5-15)14-4-3-8(16)7-14/h1-2,8,15-16H,3-7,12H2. The largest absolute Gasteiger partial charge is 0.474 e. The molecule has 2 heterocycles. The van der Waals surface area contributed by atoms with Gasteiger partial charge in [-0.1, -0.05) is 0 Å². The minimum Gasteiger partial charge on any atom is -0.474 e. The van der Waals surface area contributed by atoms with E-state index in [0.717, 1.165) is 18.8 Å². The first-order valence-electron chi connectivity index (χ1n) is 5.64. The number of rotatable bonds is 4. The second-order valence-electron chi connectivity index (χ2n) is 4.02. The molecule has 1 unspecified atom stereocenters. The smallest absolute Gasteiger partial charge is 0.239 e. The van der Waals surface area contributed by atoms with Gasteiger partial charge in [-0.25, -0.2) is 0 Å². The van der Waals surface area contributed by atoms with Crippen LogP contribution in [0, 0.1) is 0 Å². The van der Waals surface area contributed by atoms with E-state index in [1.807, 2.05) is 4.90 Å². The summed E-state index contributed by atoms with van der Waals surface area (Å²) in [6.07, 6.45) is 0.454. The van der Waals surface area contributed by atoms with Crippen molar-refractivity contribution in [2.75, 3.05) is 36.9 Å². The van der Waals surface area contributed by atoms with Crippen LogP contribution in [-0.4, -0.2) is 47.6 Å². The van der Waals surface area contributed by atoms with Gasteiger partial charge in [-0.15, -0.1) is 0 Å². The first-order chi connectivity index (χ1) is 8.20. The third-order valence-electron chi connectivity index (χ3n) is 2.69. The molecule has 1 aliphatic heterocycles. The van der Waals surface area contributed by atoms with Crippen LogP contribution in [-0.2, 0) is 0 Å². The fourth-order valence-corrected chi connectivity index (χ4v) is 1.83. The zero-order chi connectivity index (χ0) is 12.3. The summed E-state index contributed by atoms with van der Waals surface area (Å²) in [5.74, 6) is 1.07. The predicted octanol–water partition coefficient (Wildman–Crippen LogP) is -0.394. The molecule has 0 aromatic carbocycles. The van der Waals surface area contributed by atoms with Gasteiger partial charge in [0.1, 0.15) is 12.4 Å². The summed E-state index contributed by atoms with van der Waals surface area (Å²) in [6.45, 7) is 1.45. The number of aromatic nitrogens is 1. The molecule has 6 heteroatoms. The number of anilines is 2. The van der Waals surface area contributed by atoms with Crippen LogP contribution in [0.15, 0.2) is 12.1 Å². The molecule has 0 bridgehead atoms. The van der Waals surface area contributed by atoms with E-state index in [-0.39, 0.29) is 19.3 Å². The summed E-state index contributed by atoms with van der Waals surface area (Å²) in [5.41, 5.74) is 6.17. The molecule has 0 spiro atoms. The summed E-state index contributed by atoms with van der Waals surface area (Å²) < 4.78 is 5.24. The summed E-state index contributed by atoms with van der Waals surface area (Å²) >= 11 is 0. The lowest BCUT2D eigenvalue weighted by atomic mass is 10.3. The molecule has 1 saturated heterocycles. The Bertz CT molecular complexity index is 386. The monoisotopic (exact) mass is 239 g/mol. The number of hydrogen-bond donors (Lipinski definition) is 3. The fraction of sp³-hybridized carbons (Fsp3) is 0.545. The van der Waals surface area contributed by atoms with Gasteiger partial charge in [0.05, 0.1) is 18.4 Å². The maximum Gasteiger partial charge on any atom is 0.239 e. The molecule has 0 aliphatic carbocycles. The van der Waals surface area contributed by atoms with E-state index >= 15 is 0 Å². The molecule has 6 nitrogen and oxygen atoms in total. The first-order valence-corrected chi connectivity index (χ1v) is 5.64. The van der Waals surface area contributed by atoms with Crippen LogP contribution in [0.4, 0.5) is 11.5 Å². The van der Waals surface area contributed by atoms with Crippen molar-refractivity contribution in [3.63, 3.8) is 0 Å². The van der Waals surface area contributed by atoms with Crippen molar-refractivity contribution in [2.24, 2.45) is 0 Å². The van der Waals surface area contributed by atoms with Crippen LogP contribution in [0.25, 0.3) is 0 Å². The number of pyridine rings is 1. The van der Waals surface area contributed by atoms with Crippen molar-refractivity contribution < 1.29 is 14.9 Å². The molecule has 1 aliphatic rings.